The van der Waals surface area contributed by atoms with Crippen molar-refractivity contribution in [2.45, 2.75) is 26.2 Å². The normalized spacial score (nSPS) is 15.9. The van der Waals surface area contributed by atoms with Gasteiger partial charge in [0.1, 0.15) is 0 Å². The van der Waals surface area contributed by atoms with Gasteiger partial charge >= 0.3 is 7.12 Å². The van der Waals surface area contributed by atoms with Crippen molar-refractivity contribution in [2.75, 3.05) is 0 Å². The third kappa shape index (κ3) is 1.54. The van der Waals surface area contributed by atoms with E-state index in [0.29, 0.717) is 6.61 Å². The number of fused-ring (bicyclic) bond motifs is 1. The molecule has 0 saturated heterocycles. The Morgan fingerprint density at radius 1 is 1.36 bits per heavy atom. The van der Waals surface area contributed by atoms with Gasteiger partial charge in [0.2, 0.25) is 0 Å². The lowest BCUT2D eigenvalue weighted by Crippen LogP contribution is -2.52. The molecule has 1 aliphatic heterocycles. The first-order chi connectivity index (χ1) is 6.50. The quantitative estimate of drug-likeness (QED) is 0.676. The van der Waals surface area contributed by atoms with E-state index < -0.39 is 15.2 Å². The predicted octanol–water partition coefficient (Wildman–Crippen LogP) is 0.449. The Bertz CT molecular complexity index is 360. The van der Waals surface area contributed by atoms with Crippen LogP contribution >= 0.6 is 0 Å². The lowest BCUT2D eigenvalue weighted by Gasteiger charge is -2.20. The molecule has 0 aliphatic carbocycles. The minimum Gasteiger partial charge on any atom is -0.423 e. The third-order valence-electron chi connectivity index (χ3n) is 2.65. The fraction of sp³-hybridized carbons (Fsp3) is 0.400. The second-order valence-corrected chi connectivity index (χ2v) is 9.83. The van der Waals surface area contributed by atoms with E-state index in [0.717, 1.165) is 11.0 Å². The maximum Gasteiger partial charge on any atom is 0.491 e. The largest absolute Gasteiger partial charge is 0.491 e. The molecule has 0 unspecified atom stereocenters. The molecular weight excluding hydrogens is 191 g/mol. The smallest absolute Gasteiger partial charge is 0.423 e. The molecule has 1 N–H and O–H groups in total. The first-order valence-electron chi connectivity index (χ1n) is 4.92. The lowest BCUT2D eigenvalue weighted by molar-refractivity contribution is 0.275. The lowest BCUT2D eigenvalue weighted by atomic mass is 9.79. The molecule has 2 nitrogen and oxygen atoms in total. The summed E-state index contributed by atoms with van der Waals surface area (Å²) >= 11 is 0. The van der Waals surface area contributed by atoms with Gasteiger partial charge in [-0.15, -0.1) is 0 Å². The highest BCUT2D eigenvalue weighted by Crippen LogP contribution is 2.11. The summed E-state index contributed by atoms with van der Waals surface area (Å²) in [5, 5.41) is 11.0. The van der Waals surface area contributed by atoms with Crippen LogP contribution in [0.15, 0.2) is 18.2 Å². The Hall–Kier alpha value is -0.578. The van der Waals surface area contributed by atoms with Crippen molar-refractivity contribution < 1.29 is 9.68 Å². The van der Waals surface area contributed by atoms with Crippen LogP contribution in [0.1, 0.15) is 5.56 Å². The van der Waals surface area contributed by atoms with Crippen molar-refractivity contribution in [2.24, 2.45) is 0 Å². The van der Waals surface area contributed by atoms with Crippen LogP contribution in [0.3, 0.4) is 0 Å². The fourth-order valence-corrected chi connectivity index (χ4v) is 3.62. The van der Waals surface area contributed by atoms with Crippen LogP contribution in [0.2, 0.25) is 19.6 Å². The molecule has 0 fully saturated rings. The molecule has 1 heterocycles. The molecule has 0 atom stereocenters. The first kappa shape index (κ1) is 9.96. The molecule has 0 saturated carbocycles. The number of hydrogen-bond acceptors (Lipinski definition) is 2. The summed E-state index contributed by atoms with van der Waals surface area (Å²) in [5.74, 6) is 0. The maximum atomic E-state index is 9.73. The third-order valence-corrected chi connectivity index (χ3v) is 4.70. The van der Waals surface area contributed by atoms with Crippen LogP contribution in [-0.4, -0.2) is 20.2 Å². The first-order valence-corrected chi connectivity index (χ1v) is 8.42. The molecule has 1 aliphatic rings. The average Bonchev–Trinajstić information content (AvgIpc) is 2.46. The topological polar surface area (TPSA) is 29.5 Å². The van der Waals surface area contributed by atoms with E-state index in [-0.39, 0.29) is 0 Å². The van der Waals surface area contributed by atoms with Crippen molar-refractivity contribution in [3.63, 3.8) is 0 Å². The van der Waals surface area contributed by atoms with Gasteiger partial charge in [-0.2, -0.15) is 0 Å². The molecule has 0 amide bonds. The highest BCUT2D eigenvalue weighted by Gasteiger charge is 2.33. The second-order valence-electron chi connectivity index (χ2n) is 4.79. The Morgan fingerprint density at radius 2 is 2.07 bits per heavy atom. The number of hydrogen-bond donors (Lipinski definition) is 1. The summed E-state index contributed by atoms with van der Waals surface area (Å²) in [5.41, 5.74) is 2.18. The van der Waals surface area contributed by atoms with Gasteiger partial charge in [0.25, 0.3) is 0 Å². The van der Waals surface area contributed by atoms with Crippen LogP contribution in [-0.2, 0) is 11.3 Å². The Labute approximate surface area is 86.1 Å². The van der Waals surface area contributed by atoms with Gasteiger partial charge in [-0.3, -0.25) is 0 Å². The summed E-state index contributed by atoms with van der Waals surface area (Å²) in [7, 11) is -2.07. The van der Waals surface area contributed by atoms with Gasteiger partial charge in [0, 0.05) is 0 Å². The Kier molecular flexibility index (Phi) is 2.29. The van der Waals surface area contributed by atoms with Crippen molar-refractivity contribution in [3.8, 4) is 0 Å². The zero-order valence-electron chi connectivity index (χ0n) is 8.87. The molecule has 1 aromatic carbocycles. The van der Waals surface area contributed by atoms with Crippen LogP contribution in [0.25, 0.3) is 0 Å². The predicted molar refractivity (Wildman–Crippen MR) is 61.8 cm³/mol. The number of benzene rings is 1. The van der Waals surface area contributed by atoms with E-state index in [1.54, 1.807) is 0 Å². The standard InChI is InChI=1S/C10H15BO2Si/c1-14(2,3)9-6-4-5-8-7-13-11(12)10(8)9/h4-6,12H,7H2,1-3H3. The van der Waals surface area contributed by atoms with Crippen LogP contribution in [0.4, 0.5) is 0 Å². The van der Waals surface area contributed by atoms with Gasteiger partial charge < -0.3 is 9.68 Å². The van der Waals surface area contributed by atoms with E-state index in [4.69, 9.17) is 4.65 Å². The monoisotopic (exact) mass is 206 g/mol. The van der Waals surface area contributed by atoms with Crippen molar-refractivity contribution in [1.29, 1.82) is 0 Å². The van der Waals surface area contributed by atoms with E-state index >= 15 is 0 Å². The molecule has 4 heteroatoms. The second kappa shape index (κ2) is 3.22. The summed E-state index contributed by atoms with van der Waals surface area (Å²) < 4.78 is 5.24. The fourth-order valence-electron chi connectivity index (χ4n) is 1.94. The SMILES string of the molecule is C[Si](C)(C)c1cccc2c1B(O)OC2. The molecule has 0 bridgehead atoms. The molecule has 1 aromatic rings. The van der Waals surface area contributed by atoms with Gasteiger partial charge in [-0.05, 0) is 11.0 Å². The van der Waals surface area contributed by atoms with Crippen LogP contribution in [0, 0.1) is 0 Å². The number of rotatable bonds is 1. The van der Waals surface area contributed by atoms with E-state index in [9.17, 15) is 5.02 Å². The zero-order chi connectivity index (χ0) is 10.3. The van der Waals surface area contributed by atoms with Gasteiger partial charge in [0.05, 0.1) is 14.7 Å². The zero-order valence-corrected chi connectivity index (χ0v) is 9.87. The molecule has 14 heavy (non-hydrogen) atoms. The Balaban J connectivity index is 2.58. The Morgan fingerprint density at radius 3 is 2.71 bits per heavy atom. The van der Waals surface area contributed by atoms with Crippen molar-refractivity contribution in [3.05, 3.63) is 23.8 Å². The highest BCUT2D eigenvalue weighted by molar-refractivity contribution is 6.92. The maximum absolute atomic E-state index is 9.73. The van der Waals surface area contributed by atoms with E-state index in [1.807, 2.05) is 6.07 Å². The summed E-state index contributed by atoms with van der Waals surface area (Å²) in [6, 6.07) is 6.23. The molecular formula is C10H15BO2Si. The van der Waals surface area contributed by atoms with Crippen molar-refractivity contribution in [1.82, 2.24) is 0 Å². The van der Waals surface area contributed by atoms with Gasteiger partial charge in [0.15, 0.2) is 0 Å². The average molecular weight is 206 g/mol. The minimum absolute atomic E-state index is 0.550. The molecule has 0 aromatic heterocycles. The molecule has 2 rings (SSSR count). The summed E-state index contributed by atoms with van der Waals surface area (Å²) in [6.45, 7) is 7.41. The van der Waals surface area contributed by atoms with Gasteiger partial charge in [-0.1, -0.05) is 43.0 Å². The van der Waals surface area contributed by atoms with Gasteiger partial charge in [-0.25, -0.2) is 0 Å². The summed E-state index contributed by atoms with van der Waals surface area (Å²) in [4.78, 5) is 0. The van der Waals surface area contributed by atoms with Crippen molar-refractivity contribution >= 4 is 25.8 Å². The molecule has 0 radical (unpaired) electrons. The molecule has 74 valence electrons. The van der Waals surface area contributed by atoms with E-state index in [1.165, 1.54) is 5.19 Å². The highest BCUT2D eigenvalue weighted by atomic mass is 28.3. The van der Waals surface area contributed by atoms with Crippen LogP contribution in [0.5, 0.6) is 0 Å². The molecule has 0 spiro atoms. The minimum atomic E-state index is -1.37. The van der Waals surface area contributed by atoms with Crippen LogP contribution < -0.4 is 10.6 Å². The summed E-state index contributed by atoms with van der Waals surface area (Å²) in [6.07, 6.45) is 0. The van der Waals surface area contributed by atoms with E-state index in [2.05, 4.69) is 31.8 Å².